The molecular formula is C16H28N4S. The molecule has 0 aromatic carbocycles. The Bertz CT molecular complexity index is 414. The van der Waals surface area contributed by atoms with Gasteiger partial charge in [0.1, 0.15) is 0 Å². The van der Waals surface area contributed by atoms with Crippen LogP contribution in [-0.2, 0) is 0 Å². The first-order chi connectivity index (χ1) is 10.3. The summed E-state index contributed by atoms with van der Waals surface area (Å²) in [5.41, 5.74) is 6.37. The third kappa shape index (κ3) is 3.76. The standard InChI is InChI=1S/C16H28N4S/c1-2-13-3-4-15(17)14(11-13)12-19-6-8-20(9-7-19)16-18-5-10-21-16/h5,10,13-15H,2-4,6-9,11-12,17H2,1H3. The average molecular weight is 308 g/mol. The zero-order valence-electron chi connectivity index (χ0n) is 13.1. The highest BCUT2D eigenvalue weighted by molar-refractivity contribution is 7.13. The SMILES string of the molecule is CCC1CCC(N)C(CN2CCN(c3nccs3)CC2)C1. The van der Waals surface area contributed by atoms with Gasteiger partial charge in [0.25, 0.3) is 0 Å². The monoisotopic (exact) mass is 308 g/mol. The summed E-state index contributed by atoms with van der Waals surface area (Å²) < 4.78 is 0. The van der Waals surface area contributed by atoms with Crippen LogP contribution in [0.25, 0.3) is 0 Å². The number of hydrogen-bond donors (Lipinski definition) is 1. The van der Waals surface area contributed by atoms with Gasteiger partial charge in [0, 0.05) is 50.3 Å². The Balaban J connectivity index is 1.48. The van der Waals surface area contributed by atoms with Crippen LogP contribution in [0.3, 0.4) is 0 Å². The van der Waals surface area contributed by atoms with E-state index >= 15 is 0 Å². The smallest absolute Gasteiger partial charge is 0.185 e. The van der Waals surface area contributed by atoms with E-state index < -0.39 is 0 Å². The lowest BCUT2D eigenvalue weighted by Gasteiger charge is -2.40. The van der Waals surface area contributed by atoms with E-state index in [2.05, 4.69) is 27.1 Å². The van der Waals surface area contributed by atoms with Gasteiger partial charge in [0.2, 0.25) is 0 Å². The van der Waals surface area contributed by atoms with Crippen molar-refractivity contribution in [1.82, 2.24) is 9.88 Å². The maximum Gasteiger partial charge on any atom is 0.185 e. The van der Waals surface area contributed by atoms with Crippen LogP contribution in [0.2, 0.25) is 0 Å². The summed E-state index contributed by atoms with van der Waals surface area (Å²) in [6.45, 7) is 8.04. The number of nitrogens with two attached hydrogens (primary N) is 1. The van der Waals surface area contributed by atoms with E-state index in [0.717, 1.165) is 32.1 Å². The van der Waals surface area contributed by atoms with Gasteiger partial charge < -0.3 is 10.6 Å². The molecular weight excluding hydrogens is 280 g/mol. The molecule has 4 nitrogen and oxygen atoms in total. The van der Waals surface area contributed by atoms with E-state index in [1.165, 1.54) is 37.4 Å². The van der Waals surface area contributed by atoms with Crippen molar-refractivity contribution in [3.05, 3.63) is 11.6 Å². The van der Waals surface area contributed by atoms with Crippen molar-refractivity contribution >= 4 is 16.5 Å². The molecule has 1 aromatic heterocycles. The first-order valence-corrected chi connectivity index (χ1v) is 9.26. The van der Waals surface area contributed by atoms with Crippen LogP contribution >= 0.6 is 11.3 Å². The zero-order chi connectivity index (χ0) is 14.7. The van der Waals surface area contributed by atoms with Crippen LogP contribution in [-0.4, -0.2) is 48.6 Å². The van der Waals surface area contributed by atoms with Crippen molar-refractivity contribution in [2.45, 2.75) is 38.6 Å². The Morgan fingerprint density at radius 2 is 2.10 bits per heavy atom. The molecule has 3 rings (SSSR count). The largest absolute Gasteiger partial charge is 0.346 e. The zero-order valence-corrected chi connectivity index (χ0v) is 13.9. The van der Waals surface area contributed by atoms with E-state index in [1.807, 2.05) is 6.20 Å². The van der Waals surface area contributed by atoms with Crippen LogP contribution in [0, 0.1) is 11.8 Å². The lowest BCUT2D eigenvalue weighted by atomic mass is 9.77. The van der Waals surface area contributed by atoms with Gasteiger partial charge in [-0.1, -0.05) is 13.3 Å². The van der Waals surface area contributed by atoms with Gasteiger partial charge in [0.15, 0.2) is 5.13 Å². The Morgan fingerprint density at radius 1 is 1.29 bits per heavy atom. The summed E-state index contributed by atoms with van der Waals surface area (Å²) in [6, 6.07) is 0.421. The Kier molecular flexibility index (Phi) is 5.14. The number of piperazine rings is 1. The van der Waals surface area contributed by atoms with E-state index in [4.69, 9.17) is 5.73 Å². The second-order valence-electron chi connectivity index (χ2n) is 6.61. The molecule has 5 heteroatoms. The molecule has 2 heterocycles. The quantitative estimate of drug-likeness (QED) is 0.928. The molecule has 1 saturated heterocycles. The van der Waals surface area contributed by atoms with Crippen molar-refractivity contribution in [3.63, 3.8) is 0 Å². The fourth-order valence-corrected chi connectivity index (χ4v) is 4.49. The highest BCUT2D eigenvalue weighted by Crippen LogP contribution is 2.31. The molecule has 0 bridgehead atoms. The van der Waals surface area contributed by atoms with Crippen molar-refractivity contribution in [2.75, 3.05) is 37.6 Å². The molecule has 118 valence electrons. The summed E-state index contributed by atoms with van der Waals surface area (Å²) in [5, 5.41) is 3.24. The number of anilines is 1. The van der Waals surface area contributed by atoms with Gasteiger partial charge in [0.05, 0.1) is 0 Å². The van der Waals surface area contributed by atoms with Gasteiger partial charge in [-0.05, 0) is 31.1 Å². The lowest BCUT2D eigenvalue weighted by molar-refractivity contribution is 0.149. The van der Waals surface area contributed by atoms with Crippen LogP contribution < -0.4 is 10.6 Å². The highest BCUT2D eigenvalue weighted by Gasteiger charge is 2.29. The molecule has 1 aromatic rings. The van der Waals surface area contributed by atoms with Gasteiger partial charge in [-0.3, -0.25) is 4.90 Å². The third-order valence-corrected chi connectivity index (χ3v) is 6.11. The molecule has 0 amide bonds. The average Bonchev–Trinajstić information content (AvgIpc) is 3.04. The van der Waals surface area contributed by atoms with Crippen molar-refractivity contribution in [2.24, 2.45) is 17.6 Å². The van der Waals surface area contributed by atoms with Crippen LogP contribution in [0.5, 0.6) is 0 Å². The summed E-state index contributed by atoms with van der Waals surface area (Å²) in [7, 11) is 0. The lowest BCUT2D eigenvalue weighted by Crippen LogP contribution is -2.50. The molecule has 1 saturated carbocycles. The summed E-state index contributed by atoms with van der Waals surface area (Å²) >= 11 is 1.75. The highest BCUT2D eigenvalue weighted by atomic mass is 32.1. The van der Waals surface area contributed by atoms with E-state index in [1.54, 1.807) is 11.3 Å². The summed E-state index contributed by atoms with van der Waals surface area (Å²) in [6.07, 6.45) is 7.12. The number of thiazole rings is 1. The molecule has 21 heavy (non-hydrogen) atoms. The molecule has 2 fully saturated rings. The topological polar surface area (TPSA) is 45.4 Å². The van der Waals surface area contributed by atoms with Gasteiger partial charge in [-0.15, -0.1) is 11.3 Å². The Labute approximate surface area is 132 Å². The molecule has 1 aliphatic heterocycles. The maximum atomic E-state index is 6.37. The minimum Gasteiger partial charge on any atom is -0.346 e. The van der Waals surface area contributed by atoms with E-state index in [9.17, 15) is 0 Å². The minimum absolute atomic E-state index is 0.421. The first-order valence-electron chi connectivity index (χ1n) is 8.38. The van der Waals surface area contributed by atoms with Crippen molar-refractivity contribution in [1.29, 1.82) is 0 Å². The summed E-state index contributed by atoms with van der Waals surface area (Å²) in [5.74, 6) is 1.61. The van der Waals surface area contributed by atoms with E-state index in [-0.39, 0.29) is 0 Å². The number of hydrogen-bond acceptors (Lipinski definition) is 5. The van der Waals surface area contributed by atoms with Gasteiger partial charge in [-0.2, -0.15) is 0 Å². The molecule has 0 radical (unpaired) electrons. The van der Waals surface area contributed by atoms with Crippen molar-refractivity contribution < 1.29 is 0 Å². The fraction of sp³-hybridized carbons (Fsp3) is 0.812. The molecule has 2 N–H and O–H groups in total. The van der Waals surface area contributed by atoms with Gasteiger partial charge in [-0.25, -0.2) is 4.98 Å². The minimum atomic E-state index is 0.421. The predicted octanol–water partition coefficient (Wildman–Crippen LogP) is 2.42. The fourth-order valence-electron chi connectivity index (χ4n) is 3.79. The Hall–Kier alpha value is -0.650. The van der Waals surface area contributed by atoms with Gasteiger partial charge >= 0.3 is 0 Å². The normalized spacial score (nSPS) is 31.5. The second-order valence-corrected chi connectivity index (χ2v) is 7.49. The number of aromatic nitrogens is 1. The molecule has 0 spiro atoms. The van der Waals surface area contributed by atoms with Crippen LogP contribution in [0.1, 0.15) is 32.6 Å². The molecule has 2 aliphatic rings. The predicted molar refractivity (Wildman–Crippen MR) is 89.9 cm³/mol. The number of nitrogens with zero attached hydrogens (tertiary/aromatic N) is 3. The molecule has 1 aliphatic carbocycles. The van der Waals surface area contributed by atoms with Crippen molar-refractivity contribution in [3.8, 4) is 0 Å². The molecule has 3 atom stereocenters. The van der Waals surface area contributed by atoms with Crippen LogP contribution in [0.4, 0.5) is 5.13 Å². The van der Waals surface area contributed by atoms with E-state index in [0.29, 0.717) is 12.0 Å². The number of rotatable bonds is 4. The second kappa shape index (κ2) is 7.07. The maximum absolute atomic E-state index is 6.37. The Morgan fingerprint density at radius 3 is 2.76 bits per heavy atom. The molecule has 3 unspecified atom stereocenters. The van der Waals surface area contributed by atoms with Crippen LogP contribution in [0.15, 0.2) is 11.6 Å². The summed E-state index contributed by atoms with van der Waals surface area (Å²) in [4.78, 5) is 9.45. The third-order valence-electron chi connectivity index (χ3n) is 5.28. The first kappa shape index (κ1) is 15.3.